The largest absolute Gasteiger partial charge is 0.404 e. The van der Waals surface area contributed by atoms with Crippen LogP contribution in [0.3, 0.4) is 0 Å². The molecule has 3 aromatic rings. The fourth-order valence-electron chi connectivity index (χ4n) is 4.27. The summed E-state index contributed by atoms with van der Waals surface area (Å²) in [4.78, 5) is 32.4. The zero-order valence-electron chi connectivity index (χ0n) is 19.0. The van der Waals surface area contributed by atoms with Crippen LogP contribution in [0.2, 0.25) is 0 Å². The topological polar surface area (TPSA) is 117 Å². The summed E-state index contributed by atoms with van der Waals surface area (Å²) in [5, 5.41) is 10.4. The average molecular weight is 477 g/mol. The van der Waals surface area contributed by atoms with Crippen molar-refractivity contribution >= 4 is 51.9 Å². The van der Waals surface area contributed by atoms with Gasteiger partial charge in [-0.3, -0.25) is 14.9 Å². The normalized spacial score (nSPS) is 17.7. The molecule has 8 nitrogen and oxygen atoms in total. The number of hydrogen-bond donors (Lipinski definition) is 3. The fourth-order valence-corrected chi connectivity index (χ4v) is 5.17. The molecule has 1 saturated carbocycles. The zero-order chi connectivity index (χ0) is 24.2. The van der Waals surface area contributed by atoms with Crippen LogP contribution in [0.15, 0.2) is 55.3 Å². The highest BCUT2D eigenvalue weighted by molar-refractivity contribution is 7.15. The lowest BCUT2D eigenvalue weighted by molar-refractivity contribution is -0.125. The number of carbonyl (C=O) groups excluding carboxylic acids is 2. The number of rotatable bonds is 9. The minimum absolute atomic E-state index is 0.0621. The summed E-state index contributed by atoms with van der Waals surface area (Å²) in [5.41, 5.74) is 7.96. The molecule has 34 heavy (non-hydrogen) atoms. The molecule has 1 aromatic carbocycles. The Balaban J connectivity index is 1.49. The first-order chi connectivity index (χ1) is 16.4. The molecule has 9 heteroatoms. The van der Waals surface area contributed by atoms with Crippen LogP contribution in [-0.4, -0.2) is 46.1 Å². The van der Waals surface area contributed by atoms with Gasteiger partial charge < -0.3 is 20.6 Å². The standard InChI is InChI=1S/C25H28N6O2S/c1-3-23(32)30(2)11-10-16-12-18(13-16)31-20-7-5-4-6-19(20)28-25(31)29-24(33)22-9-8-21(34-22)17(14-26)15-27/h3-9,14-16,18,26H,1,10-13,27H2,2H3,(H,28,29,33)/b17-15+,26-14?. The monoisotopic (exact) mass is 476 g/mol. The van der Waals surface area contributed by atoms with Gasteiger partial charge in [0.15, 0.2) is 0 Å². The molecule has 1 aliphatic rings. The van der Waals surface area contributed by atoms with Gasteiger partial charge in [0.2, 0.25) is 11.9 Å². The number of carbonyl (C=O) groups is 2. The van der Waals surface area contributed by atoms with E-state index in [1.807, 2.05) is 24.3 Å². The van der Waals surface area contributed by atoms with E-state index >= 15 is 0 Å². The van der Waals surface area contributed by atoms with Crippen LogP contribution in [0.5, 0.6) is 0 Å². The van der Waals surface area contributed by atoms with E-state index in [9.17, 15) is 9.59 Å². The van der Waals surface area contributed by atoms with E-state index in [1.165, 1.54) is 29.8 Å². The third-order valence-corrected chi connectivity index (χ3v) is 7.40. The van der Waals surface area contributed by atoms with Crippen LogP contribution < -0.4 is 11.1 Å². The van der Waals surface area contributed by atoms with Crippen LogP contribution in [0, 0.1) is 11.3 Å². The third kappa shape index (κ3) is 4.65. The second kappa shape index (κ2) is 10.0. The smallest absolute Gasteiger partial charge is 0.268 e. The molecular formula is C25H28N6O2S. The molecule has 1 fully saturated rings. The first kappa shape index (κ1) is 23.4. The molecule has 2 aromatic heterocycles. The number of nitrogens with two attached hydrogens (primary N) is 1. The molecule has 0 atom stereocenters. The number of hydrogen-bond acceptors (Lipinski definition) is 6. The maximum atomic E-state index is 13.0. The quantitative estimate of drug-likeness (QED) is 0.315. The number of benzene rings is 1. The molecule has 176 valence electrons. The van der Waals surface area contributed by atoms with E-state index in [1.54, 1.807) is 24.1 Å². The van der Waals surface area contributed by atoms with Crippen LogP contribution in [-0.2, 0) is 4.79 Å². The highest BCUT2D eigenvalue weighted by Crippen LogP contribution is 2.43. The molecule has 0 saturated heterocycles. The van der Waals surface area contributed by atoms with Gasteiger partial charge in [-0.05, 0) is 55.5 Å². The first-order valence-corrected chi connectivity index (χ1v) is 11.9. The molecule has 1 aliphatic carbocycles. The number of likely N-dealkylation sites (N-methyl/N-ethyl adjacent to an activating group) is 1. The number of aromatic nitrogens is 2. The number of allylic oxidation sites excluding steroid dienone is 1. The lowest BCUT2D eigenvalue weighted by Crippen LogP contribution is -2.33. The molecular weight excluding hydrogens is 448 g/mol. The fraction of sp³-hybridized carbons (Fsp3) is 0.280. The Morgan fingerprint density at radius 3 is 2.74 bits per heavy atom. The Morgan fingerprint density at radius 2 is 2.03 bits per heavy atom. The van der Waals surface area contributed by atoms with Crippen molar-refractivity contribution in [2.45, 2.75) is 25.3 Å². The summed E-state index contributed by atoms with van der Waals surface area (Å²) < 4.78 is 2.12. The number of amides is 2. The van der Waals surface area contributed by atoms with Crippen molar-refractivity contribution in [3.63, 3.8) is 0 Å². The molecule has 0 bridgehead atoms. The van der Waals surface area contributed by atoms with Crippen molar-refractivity contribution in [2.75, 3.05) is 18.9 Å². The predicted molar refractivity (Wildman–Crippen MR) is 137 cm³/mol. The minimum Gasteiger partial charge on any atom is -0.404 e. The molecule has 0 aliphatic heterocycles. The van der Waals surface area contributed by atoms with Crippen molar-refractivity contribution in [3.8, 4) is 0 Å². The number of thiophene rings is 1. The molecule has 4 N–H and O–H groups in total. The van der Waals surface area contributed by atoms with Gasteiger partial charge in [0.05, 0.1) is 15.9 Å². The molecule has 4 rings (SSSR count). The summed E-state index contributed by atoms with van der Waals surface area (Å²) in [6.45, 7) is 4.24. The zero-order valence-corrected chi connectivity index (χ0v) is 19.8. The number of nitrogens with zero attached hydrogens (tertiary/aromatic N) is 3. The van der Waals surface area contributed by atoms with Gasteiger partial charge in [-0.25, -0.2) is 4.98 Å². The maximum Gasteiger partial charge on any atom is 0.268 e. The molecule has 2 heterocycles. The van der Waals surface area contributed by atoms with E-state index < -0.39 is 0 Å². The minimum atomic E-state index is -0.241. The number of para-hydroxylation sites is 2. The van der Waals surface area contributed by atoms with Gasteiger partial charge in [-0.15, -0.1) is 11.3 Å². The summed E-state index contributed by atoms with van der Waals surface area (Å²) in [7, 11) is 1.79. The van der Waals surface area contributed by atoms with Crippen molar-refractivity contribution < 1.29 is 9.59 Å². The summed E-state index contributed by atoms with van der Waals surface area (Å²) in [5.74, 6) is 0.741. The highest BCUT2D eigenvalue weighted by Gasteiger charge is 2.33. The number of anilines is 1. The van der Waals surface area contributed by atoms with Gasteiger partial charge in [-0.1, -0.05) is 18.7 Å². The highest BCUT2D eigenvalue weighted by atomic mass is 32.1. The lowest BCUT2D eigenvalue weighted by atomic mass is 9.78. The van der Waals surface area contributed by atoms with Crippen LogP contribution in [0.4, 0.5) is 5.95 Å². The SMILES string of the molecule is C=CC(=O)N(C)CCC1CC(n2c(NC(=O)c3ccc(/C(C=N)=C/N)s3)nc3ccccc32)C1. The van der Waals surface area contributed by atoms with Gasteiger partial charge in [-0.2, -0.15) is 0 Å². The number of imidazole rings is 1. The van der Waals surface area contributed by atoms with Crippen LogP contribution in [0.25, 0.3) is 16.6 Å². The van der Waals surface area contributed by atoms with Gasteiger partial charge >= 0.3 is 0 Å². The van der Waals surface area contributed by atoms with Gasteiger partial charge in [0.25, 0.3) is 5.91 Å². The van der Waals surface area contributed by atoms with Crippen LogP contribution >= 0.6 is 11.3 Å². The van der Waals surface area contributed by atoms with Gasteiger partial charge in [0, 0.05) is 42.5 Å². The molecule has 0 unspecified atom stereocenters. The van der Waals surface area contributed by atoms with E-state index in [0.29, 0.717) is 28.9 Å². The second-order valence-electron chi connectivity index (χ2n) is 8.42. The van der Waals surface area contributed by atoms with Crippen molar-refractivity contribution in [1.82, 2.24) is 14.5 Å². The van der Waals surface area contributed by atoms with Gasteiger partial charge in [0.1, 0.15) is 0 Å². The summed E-state index contributed by atoms with van der Waals surface area (Å²) >= 11 is 1.28. The summed E-state index contributed by atoms with van der Waals surface area (Å²) in [6.07, 6.45) is 6.73. The molecule has 0 spiro atoms. The number of nitrogens with one attached hydrogen (secondary N) is 2. The van der Waals surface area contributed by atoms with E-state index in [2.05, 4.69) is 16.5 Å². The Kier molecular flexibility index (Phi) is 6.93. The Labute approximate surface area is 202 Å². The third-order valence-electron chi connectivity index (χ3n) is 6.27. The lowest BCUT2D eigenvalue weighted by Gasteiger charge is -2.38. The second-order valence-corrected chi connectivity index (χ2v) is 9.51. The van der Waals surface area contributed by atoms with E-state index in [4.69, 9.17) is 16.1 Å². The molecule has 2 amide bonds. The van der Waals surface area contributed by atoms with Crippen molar-refractivity contribution in [1.29, 1.82) is 5.41 Å². The van der Waals surface area contributed by atoms with Crippen molar-refractivity contribution in [2.24, 2.45) is 11.7 Å². The Bertz CT molecular complexity index is 1270. The predicted octanol–water partition coefficient (Wildman–Crippen LogP) is 4.28. The van der Waals surface area contributed by atoms with E-state index in [-0.39, 0.29) is 17.9 Å². The van der Waals surface area contributed by atoms with Crippen LogP contribution in [0.1, 0.15) is 39.9 Å². The Morgan fingerprint density at radius 1 is 1.29 bits per heavy atom. The summed E-state index contributed by atoms with van der Waals surface area (Å²) in [6, 6.07) is 11.6. The Hall–Kier alpha value is -3.72. The maximum absolute atomic E-state index is 13.0. The molecule has 0 radical (unpaired) electrons. The van der Waals surface area contributed by atoms with Crippen molar-refractivity contribution in [3.05, 3.63) is 65.0 Å². The average Bonchev–Trinajstić information content (AvgIpc) is 3.44. The number of fused-ring (bicyclic) bond motifs is 1. The first-order valence-electron chi connectivity index (χ1n) is 11.1. The van der Waals surface area contributed by atoms with E-state index in [0.717, 1.165) is 35.2 Å².